The number of amides is 1. The fourth-order valence-corrected chi connectivity index (χ4v) is 4.21. The Morgan fingerprint density at radius 3 is 2.59 bits per heavy atom. The first-order chi connectivity index (χ1) is 14.1. The van der Waals surface area contributed by atoms with Gasteiger partial charge in [-0.2, -0.15) is 5.10 Å². The number of pyridine rings is 1. The second-order valence-electron chi connectivity index (χ2n) is 7.47. The summed E-state index contributed by atoms with van der Waals surface area (Å²) in [6.07, 6.45) is 3.52. The molecule has 2 aromatic heterocycles. The average Bonchev–Trinajstić information content (AvgIpc) is 3.16. The maximum atomic E-state index is 13.0. The van der Waals surface area contributed by atoms with Gasteiger partial charge in [-0.25, -0.2) is 0 Å². The minimum Gasteiger partial charge on any atom is -0.360 e. The van der Waals surface area contributed by atoms with Crippen molar-refractivity contribution in [2.75, 3.05) is 17.3 Å². The Bertz CT molecular complexity index is 1190. The number of nitrogens with zero attached hydrogens (tertiary/aromatic N) is 3. The monoisotopic (exact) mass is 383 g/mol. The number of H-pyrrole nitrogens is 1. The largest absolute Gasteiger partial charge is 0.360 e. The minimum absolute atomic E-state index is 0.00424. The average molecular weight is 383 g/mol. The van der Waals surface area contributed by atoms with Crippen molar-refractivity contribution < 1.29 is 4.79 Å². The van der Waals surface area contributed by atoms with Crippen LogP contribution < -0.4 is 10.2 Å². The molecule has 2 atom stereocenters. The van der Waals surface area contributed by atoms with Crippen molar-refractivity contribution in [3.8, 4) is 11.3 Å². The van der Waals surface area contributed by atoms with Gasteiger partial charge in [-0.1, -0.05) is 37.3 Å². The molecule has 4 aromatic rings. The van der Waals surface area contributed by atoms with Gasteiger partial charge in [-0.05, 0) is 29.8 Å². The number of benzene rings is 2. The van der Waals surface area contributed by atoms with Crippen LogP contribution >= 0.6 is 0 Å². The van der Waals surface area contributed by atoms with Crippen LogP contribution in [0, 0.1) is 0 Å². The van der Waals surface area contributed by atoms with E-state index in [0.717, 1.165) is 39.1 Å². The zero-order valence-electron chi connectivity index (χ0n) is 16.3. The SMILES string of the molecule is CC(c1ccccc1)C1C(=O)Nc2cc3[nH]nc(-c4ccncc4)c3cc2N1C. The first kappa shape index (κ1) is 17.4. The first-order valence-corrected chi connectivity index (χ1v) is 9.64. The summed E-state index contributed by atoms with van der Waals surface area (Å²) in [6.45, 7) is 2.10. The third kappa shape index (κ3) is 2.84. The summed E-state index contributed by atoms with van der Waals surface area (Å²) in [7, 11) is 1.99. The van der Waals surface area contributed by atoms with E-state index in [1.54, 1.807) is 12.4 Å². The van der Waals surface area contributed by atoms with Crippen LogP contribution in [-0.4, -0.2) is 34.2 Å². The molecule has 1 aliphatic rings. The zero-order chi connectivity index (χ0) is 20.0. The second kappa shape index (κ2) is 6.74. The molecule has 2 unspecified atom stereocenters. The van der Waals surface area contributed by atoms with Gasteiger partial charge in [0.1, 0.15) is 11.7 Å². The van der Waals surface area contributed by atoms with Crippen LogP contribution in [0.15, 0.2) is 67.0 Å². The van der Waals surface area contributed by atoms with Gasteiger partial charge >= 0.3 is 0 Å². The van der Waals surface area contributed by atoms with E-state index in [1.165, 1.54) is 0 Å². The van der Waals surface area contributed by atoms with E-state index in [2.05, 4.69) is 50.5 Å². The van der Waals surface area contributed by atoms with Crippen LogP contribution in [0.2, 0.25) is 0 Å². The molecule has 1 aliphatic heterocycles. The lowest BCUT2D eigenvalue weighted by Gasteiger charge is -2.38. The number of likely N-dealkylation sites (N-methyl/N-ethyl adjacent to an activating group) is 1. The Hall–Kier alpha value is -3.67. The number of anilines is 2. The number of nitrogens with one attached hydrogen (secondary N) is 2. The molecule has 0 saturated heterocycles. The molecule has 3 heterocycles. The number of rotatable bonds is 3. The predicted molar refractivity (Wildman–Crippen MR) is 115 cm³/mol. The molecule has 144 valence electrons. The Kier molecular flexibility index (Phi) is 4.05. The molecule has 6 nitrogen and oxygen atoms in total. The van der Waals surface area contributed by atoms with Crippen LogP contribution in [0.4, 0.5) is 11.4 Å². The predicted octanol–water partition coefficient (Wildman–Crippen LogP) is 4.19. The van der Waals surface area contributed by atoms with E-state index < -0.39 is 0 Å². The lowest BCUT2D eigenvalue weighted by Crippen LogP contribution is -2.48. The maximum absolute atomic E-state index is 13.0. The molecule has 6 heteroatoms. The van der Waals surface area contributed by atoms with Crippen molar-refractivity contribution in [3.63, 3.8) is 0 Å². The molecule has 2 aromatic carbocycles. The Labute approximate surface area is 168 Å². The van der Waals surface area contributed by atoms with E-state index in [-0.39, 0.29) is 17.9 Å². The van der Waals surface area contributed by atoms with Crippen LogP contribution in [0.5, 0.6) is 0 Å². The fourth-order valence-electron chi connectivity index (χ4n) is 4.21. The smallest absolute Gasteiger partial charge is 0.247 e. The van der Waals surface area contributed by atoms with Crippen molar-refractivity contribution in [2.24, 2.45) is 0 Å². The van der Waals surface area contributed by atoms with Crippen LogP contribution in [0.3, 0.4) is 0 Å². The van der Waals surface area contributed by atoms with Crippen molar-refractivity contribution in [2.45, 2.75) is 18.9 Å². The molecular weight excluding hydrogens is 362 g/mol. The number of aromatic amines is 1. The minimum atomic E-state index is -0.293. The molecule has 1 amide bonds. The lowest BCUT2D eigenvalue weighted by atomic mass is 9.90. The van der Waals surface area contributed by atoms with Gasteiger partial charge in [0, 0.05) is 36.3 Å². The van der Waals surface area contributed by atoms with E-state index in [9.17, 15) is 4.79 Å². The van der Waals surface area contributed by atoms with Gasteiger partial charge in [-0.15, -0.1) is 0 Å². The lowest BCUT2D eigenvalue weighted by molar-refractivity contribution is -0.118. The summed E-state index contributed by atoms with van der Waals surface area (Å²) >= 11 is 0. The number of aromatic nitrogens is 3. The molecule has 0 saturated carbocycles. The van der Waals surface area contributed by atoms with Gasteiger partial charge in [0.25, 0.3) is 0 Å². The Balaban J connectivity index is 1.59. The summed E-state index contributed by atoms with van der Waals surface area (Å²) < 4.78 is 0. The van der Waals surface area contributed by atoms with Crippen LogP contribution in [0.25, 0.3) is 22.2 Å². The number of carbonyl (C=O) groups excluding carboxylic acids is 1. The van der Waals surface area contributed by atoms with Gasteiger partial charge < -0.3 is 10.2 Å². The van der Waals surface area contributed by atoms with Gasteiger partial charge in [0.2, 0.25) is 5.91 Å². The topological polar surface area (TPSA) is 73.9 Å². The molecule has 29 heavy (non-hydrogen) atoms. The summed E-state index contributed by atoms with van der Waals surface area (Å²) in [6, 6.07) is 17.8. The number of hydrogen-bond donors (Lipinski definition) is 2. The molecule has 0 fully saturated rings. The van der Waals surface area contributed by atoms with Crippen molar-refractivity contribution in [1.29, 1.82) is 0 Å². The quantitative estimate of drug-likeness (QED) is 0.556. The Morgan fingerprint density at radius 2 is 1.83 bits per heavy atom. The number of carbonyl (C=O) groups is 1. The van der Waals surface area contributed by atoms with Crippen LogP contribution in [-0.2, 0) is 4.79 Å². The summed E-state index contributed by atoms with van der Waals surface area (Å²) in [5.41, 5.74) is 5.70. The number of hydrogen-bond acceptors (Lipinski definition) is 4. The Morgan fingerprint density at radius 1 is 1.07 bits per heavy atom. The van der Waals surface area contributed by atoms with E-state index >= 15 is 0 Å². The van der Waals surface area contributed by atoms with E-state index in [1.807, 2.05) is 43.4 Å². The normalized spacial score (nSPS) is 17.1. The molecule has 2 N–H and O–H groups in total. The highest BCUT2D eigenvalue weighted by Crippen LogP contribution is 2.40. The highest BCUT2D eigenvalue weighted by Gasteiger charge is 2.35. The highest BCUT2D eigenvalue weighted by atomic mass is 16.2. The van der Waals surface area contributed by atoms with Gasteiger partial charge in [0.05, 0.1) is 16.9 Å². The maximum Gasteiger partial charge on any atom is 0.247 e. The highest BCUT2D eigenvalue weighted by molar-refractivity contribution is 6.08. The molecule has 0 bridgehead atoms. The summed E-state index contributed by atoms with van der Waals surface area (Å²) in [5.74, 6) is 0.0543. The zero-order valence-corrected chi connectivity index (χ0v) is 16.3. The van der Waals surface area contributed by atoms with E-state index in [4.69, 9.17) is 0 Å². The third-order valence-corrected chi connectivity index (χ3v) is 5.76. The fraction of sp³-hybridized carbons (Fsp3) is 0.174. The van der Waals surface area contributed by atoms with Crippen molar-refractivity contribution in [3.05, 3.63) is 72.6 Å². The van der Waals surface area contributed by atoms with E-state index in [0.29, 0.717) is 0 Å². The van der Waals surface area contributed by atoms with Gasteiger partial charge in [-0.3, -0.25) is 14.9 Å². The molecule has 0 radical (unpaired) electrons. The molecular formula is C23H21N5O. The van der Waals surface area contributed by atoms with Crippen molar-refractivity contribution in [1.82, 2.24) is 15.2 Å². The molecule has 5 rings (SSSR count). The second-order valence-corrected chi connectivity index (χ2v) is 7.47. The van der Waals surface area contributed by atoms with Crippen LogP contribution in [0.1, 0.15) is 18.4 Å². The number of fused-ring (bicyclic) bond motifs is 2. The summed E-state index contributed by atoms with van der Waals surface area (Å²) in [4.78, 5) is 19.1. The van der Waals surface area contributed by atoms with Gasteiger partial charge in [0.15, 0.2) is 0 Å². The summed E-state index contributed by atoms with van der Waals surface area (Å²) in [5, 5.41) is 11.7. The van der Waals surface area contributed by atoms with Crippen molar-refractivity contribution >= 4 is 28.2 Å². The molecule has 0 spiro atoms. The standard InChI is InChI=1S/C23H21N5O/c1-14(15-6-4-3-5-7-15)22-23(29)25-19-13-18-17(12-20(19)28(22)2)21(27-26-18)16-8-10-24-11-9-16/h3-14,22H,1-2H3,(H,25,29)(H,26,27). The first-order valence-electron chi connectivity index (χ1n) is 9.64. The molecule has 0 aliphatic carbocycles. The third-order valence-electron chi connectivity index (χ3n) is 5.76.